The van der Waals surface area contributed by atoms with Crippen LogP contribution in [-0.4, -0.2) is 42.4 Å². The molecule has 1 aromatic rings. The lowest BCUT2D eigenvalue weighted by Gasteiger charge is -2.25. The Labute approximate surface area is 149 Å². The zero-order valence-corrected chi connectivity index (χ0v) is 14.3. The molecule has 1 unspecified atom stereocenters. The normalized spacial score (nSPS) is 21.9. The van der Waals surface area contributed by atoms with E-state index < -0.39 is 17.7 Å². The molecule has 0 aromatic heterocycles. The highest BCUT2D eigenvalue weighted by molar-refractivity contribution is 5.89. The highest BCUT2D eigenvalue weighted by Crippen LogP contribution is 2.30. The van der Waals surface area contributed by atoms with E-state index in [2.05, 4.69) is 10.6 Å². The van der Waals surface area contributed by atoms with Crippen molar-refractivity contribution >= 4 is 11.8 Å². The number of alkyl halides is 3. The first kappa shape index (κ1) is 18.7. The minimum Gasteiger partial charge on any atom is -0.353 e. The van der Waals surface area contributed by atoms with Gasteiger partial charge in [-0.15, -0.1) is 0 Å². The number of nitrogens with one attached hydrogen (secondary N) is 2. The van der Waals surface area contributed by atoms with Crippen LogP contribution in [-0.2, 0) is 22.3 Å². The van der Waals surface area contributed by atoms with E-state index >= 15 is 0 Å². The van der Waals surface area contributed by atoms with Crippen molar-refractivity contribution in [2.24, 2.45) is 5.92 Å². The van der Waals surface area contributed by atoms with Crippen LogP contribution in [0.5, 0.6) is 0 Å². The predicted octanol–water partition coefficient (Wildman–Crippen LogP) is 1.92. The van der Waals surface area contributed by atoms with E-state index in [1.807, 2.05) is 0 Å². The molecular weight excluding hydrogens is 347 g/mol. The van der Waals surface area contributed by atoms with Gasteiger partial charge in [0.1, 0.15) is 0 Å². The monoisotopic (exact) mass is 369 g/mol. The smallest absolute Gasteiger partial charge is 0.353 e. The molecule has 2 heterocycles. The maximum atomic E-state index is 12.8. The van der Waals surface area contributed by atoms with Crippen LogP contribution in [0, 0.1) is 5.92 Å². The van der Waals surface area contributed by atoms with E-state index in [4.69, 9.17) is 0 Å². The van der Waals surface area contributed by atoms with Crippen LogP contribution in [0.4, 0.5) is 13.2 Å². The Kier molecular flexibility index (Phi) is 5.50. The minimum atomic E-state index is -4.41. The van der Waals surface area contributed by atoms with Crippen LogP contribution in [0.25, 0.3) is 0 Å². The Morgan fingerprint density at radius 3 is 2.69 bits per heavy atom. The third kappa shape index (κ3) is 4.55. The van der Waals surface area contributed by atoms with Gasteiger partial charge in [0.25, 0.3) is 0 Å². The molecule has 2 saturated heterocycles. The number of amides is 2. The molecule has 1 atom stereocenters. The summed E-state index contributed by atoms with van der Waals surface area (Å²) in [4.78, 5) is 26.0. The topological polar surface area (TPSA) is 61.4 Å². The number of nitrogens with zero attached hydrogens (tertiary/aromatic N) is 1. The van der Waals surface area contributed by atoms with Crippen LogP contribution < -0.4 is 10.6 Å². The fraction of sp³-hybridized carbons (Fsp3) is 0.556. The number of carbonyl (C=O) groups excluding carboxylic acids is 2. The second-order valence-electron chi connectivity index (χ2n) is 6.91. The molecule has 0 saturated carbocycles. The highest BCUT2D eigenvalue weighted by Gasteiger charge is 2.35. The molecule has 0 bridgehead atoms. The van der Waals surface area contributed by atoms with Gasteiger partial charge in [0.05, 0.1) is 11.5 Å². The molecule has 8 heteroatoms. The second kappa shape index (κ2) is 7.65. The summed E-state index contributed by atoms with van der Waals surface area (Å²) in [5.41, 5.74) is -0.325. The van der Waals surface area contributed by atoms with Gasteiger partial charge < -0.3 is 15.5 Å². The van der Waals surface area contributed by atoms with Gasteiger partial charge in [-0.05, 0) is 43.6 Å². The van der Waals surface area contributed by atoms with Gasteiger partial charge in [-0.2, -0.15) is 13.2 Å². The van der Waals surface area contributed by atoms with Gasteiger partial charge in [0.15, 0.2) is 0 Å². The Morgan fingerprint density at radius 2 is 2.00 bits per heavy atom. The highest BCUT2D eigenvalue weighted by atomic mass is 19.4. The molecule has 142 valence electrons. The minimum absolute atomic E-state index is 0.0832. The van der Waals surface area contributed by atoms with Crippen LogP contribution in [0.3, 0.4) is 0 Å². The van der Waals surface area contributed by atoms with Crippen molar-refractivity contribution < 1.29 is 22.8 Å². The summed E-state index contributed by atoms with van der Waals surface area (Å²) in [6, 6.07) is 5.07. The molecule has 3 rings (SSSR count). The van der Waals surface area contributed by atoms with Gasteiger partial charge in [-0.3, -0.25) is 9.59 Å². The summed E-state index contributed by atoms with van der Waals surface area (Å²) in [5, 5.41) is 6.21. The van der Waals surface area contributed by atoms with E-state index in [-0.39, 0.29) is 37.4 Å². The molecule has 2 aliphatic rings. The van der Waals surface area contributed by atoms with Crippen molar-refractivity contribution in [1.29, 1.82) is 0 Å². The fourth-order valence-electron chi connectivity index (χ4n) is 3.45. The summed E-state index contributed by atoms with van der Waals surface area (Å²) in [5.74, 6) is -0.784. The summed E-state index contributed by atoms with van der Waals surface area (Å²) in [6.45, 7) is 2.04. The zero-order valence-electron chi connectivity index (χ0n) is 14.3. The van der Waals surface area contributed by atoms with Crippen LogP contribution >= 0.6 is 0 Å². The second-order valence-corrected chi connectivity index (χ2v) is 6.91. The van der Waals surface area contributed by atoms with Crippen LogP contribution in [0.2, 0.25) is 0 Å². The average Bonchev–Trinajstić information content (AvgIpc) is 2.96. The maximum Gasteiger partial charge on any atom is 0.416 e. The zero-order chi connectivity index (χ0) is 18.7. The van der Waals surface area contributed by atoms with E-state index in [9.17, 15) is 22.8 Å². The number of rotatable bonds is 4. The number of carbonyl (C=O) groups is 2. The molecule has 2 amide bonds. The van der Waals surface area contributed by atoms with Crippen molar-refractivity contribution in [1.82, 2.24) is 15.5 Å². The first-order chi connectivity index (χ1) is 12.3. The molecule has 1 aromatic carbocycles. The Morgan fingerprint density at radius 1 is 1.27 bits per heavy atom. The molecule has 0 spiro atoms. The quantitative estimate of drug-likeness (QED) is 0.853. The summed E-state index contributed by atoms with van der Waals surface area (Å²) >= 11 is 0. The Balaban J connectivity index is 1.58. The lowest BCUT2D eigenvalue weighted by Crippen LogP contribution is -2.45. The van der Waals surface area contributed by atoms with Gasteiger partial charge in [-0.1, -0.05) is 12.1 Å². The number of halogens is 3. The van der Waals surface area contributed by atoms with Crippen LogP contribution in [0.1, 0.15) is 30.4 Å². The summed E-state index contributed by atoms with van der Waals surface area (Å²) in [6.07, 6.45) is -2.58. The Bertz CT molecular complexity index is 672. The van der Waals surface area contributed by atoms with Gasteiger partial charge in [-0.25, -0.2) is 0 Å². The summed E-state index contributed by atoms with van der Waals surface area (Å²) < 4.78 is 38.4. The van der Waals surface area contributed by atoms with Gasteiger partial charge in [0.2, 0.25) is 11.8 Å². The molecular formula is C18H22F3N3O2. The third-order valence-corrected chi connectivity index (χ3v) is 4.90. The van der Waals surface area contributed by atoms with E-state index in [1.165, 1.54) is 11.0 Å². The lowest BCUT2D eigenvalue weighted by atomic mass is 10.0. The SMILES string of the molecule is O=C(NC1CCNCC1)C1CC(=O)N(Cc2cccc(C(F)(F)F)c2)C1. The maximum absolute atomic E-state index is 12.8. The number of likely N-dealkylation sites (tertiary alicyclic amines) is 1. The van der Waals surface area contributed by atoms with E-state index in [1.54, 1.807) is 6.07 Å². The van der Waals surface area contributed by atoms with Crippen molar-refractivity contribution in [2.45, 2.75) is 38.0 Å². The van der Waals surface area contributed by atoms with Crippen molar-refractivity contribution in [3.63, 3.8) is 0 Å². The largest absolute Gasteiger partial charge is 0.416 e. The molecule has 0 aliphatic carbocycles. The number of piperidine rings is 1. The van der Waals surface area contributed by atoms with Crippen molar-refractivity contribution in [2.75, 3.05) is 19.6 Å². The molecule has 2 fully saturated rings. The lowest BCUT2D eigenvalue weighted by molar-refractivity contribution is -0.137. The number of benzene rings is 1. The van der Waals surface area contributed by atoms with E-state index in [0.717, 1.165) is 38.1 Å². The van der Waals surface area contributed by atoms with Crippen molar-refractivity contribution in [3.05, 3.63) is 35.4 Å². The molecule has 5 nitrogen and oxygen atoms in total. The van der Waals surface area contributed by atoms with Gasteiger partial charge in [0, 0.05) is 25.6 Å². The molecule has 2 aliphatic heterocycles. The first-order valence-electron chi connectivity index (χ1n) is 8.78. The summed E-state index contributed by atoms with van der Waals surface area (Å²) in [7, 11) is 0. The average molecular weight is 369 g/mol. The fourth-order valence-corrected chi connectivity index (χ4v) is 3.45. The van der Waals surface area contributed by atoms with Crippen molar-refractivity contribution in [3.8, 4) is 0 Å². The number of hydrogen-bond acceptors (Lipinski definition) is 3. The third-order valence-electron chi connectivity index (χ3n) is 4.90. The van der Waals surface area contributed by atoms with Crippen LogP contribution in [0.15, 0.2) is 24.3 Å². The number of hydrogen-bond donors (Lipinski definition) is 2. The first-order valence-corrected chi connectivity index (χ1v) is 8.78. The molecule has 2 N–H and O–H groups in total. The molecule has 0 radical (unpaired) electrons. The van der Waals surface area contributed by atoms with E-state index in [0.29, 0.717) is 5.56 Å². The predicted molar refractivity (Wildman–Crippen MR) is 89.0 cm³/mol. The Hall–Kier alpha value is -2.09. The molecule has 26 heavy (non-hydrogen) atoms. The standard InChI is InChI=1S/C18H22F3N3O2/c19-18(20,21)14-3-1-2-12(8-14)10-24-11-13(9-16(24)25)17(26)23-15-4-6-22-7-5-15/h1-3,8,13,15,22H,4-7,9-11H2,(H,23,26). The van der Waals surface area contributed by atoms with Gasteiger partial charge >= 0.3 is 6.18 Å².